The number of anilines is 1. The fraction of sp³-hybridized carbons (Fsp3) is 0.350. The van der Waals surface area contributed by atoms with Gasteiger partial charge in [-0.25, -0.2) is 4.79 Å². The van der Waals surface area contributed by atoms with Gasteiger partial charge in [0.05, 0.1) is 18.9 Å². The lowest BCUT2D eigenvalue weighted by atomic mass is 10.1. The van der Waals surface area contributed by atoms with Gasteiger partial charge in [0.15, 0.2) is 0 Å². The Morgan fingerprint density at radius 1 is 1.04 bits per heavy atom. The Kier molecular flexibility index (Phi) is 4.57. The SMILES string of the molecule is O=C(Nc1ccccc1O[C@@H]1CCOC1)NC1Cc2ccccc2C1. The Bertz CT molecular complexity index is 731. The standard InChI is InChI=1S/C20H22N2O3/c23-20(21-16-11-14-5-1-2-6-15(14)12-16)22-18-7-3-4-8-19(18)25-17-9-10-24-13-17/h1-8,16-17H,9-13H2,(H2,21,22,23)/t17-/m1/s1. The quantitative estimate of drug-likeness (QED) is 0.900. The number of amides is 2. The van der Waals surface area contributed by atoms with Crippen molar-refractivity contribution in [2.75, 3.05) is 18.5 Å². The van der Waals surface area contributed by atoms with Crippen LogP contribution < -0.4 is 15.4 Å². The van der Waals surface area contributed by atoms with Gasteiger partial charge in [0, 0.05) is 12.5 Å². The predicted octanol–water partition coefficient (Wildman–Crippen LogP) is 3.14. The fourth-order valence-electron chi connectivity index (χ4n) is 3.46. The summed E-state index contributed by atoms with van der Waals surface area (Å²) in [5.74, 6) is 0.683. The van der Waals surface area contributed by atoms with Gasteiger partial charge in [-0.2, -0.15) is 0 Å². The molecule has 25 heavy (non-hydrogen) atoms. The minimum atomic E-state index is -0.198. The van der Waals surface area contributed by atoms with Crippen molar-refractivity contribution in [2.24, 2.45) is 0 Å². The first kappa shape index (κ1) is 16.0. The molecule has 2 aromatic carbocycles. The van der Waals surface area contributed by atoms with Gasteiger partial charge in [0.25, 0.3) is 0 Å². The van der Waals surface area contributed by atoms with Crippen molar-refractivity contribution < 1.29 is 14.3 Å². The topological polar surface area (TPSA) is 59.6 Å². The number of hydrogen-bond donors (Lipinski definition) is 2. The van der Waals surface area contributed by atoms with Crippen LogP contribution in [0.3, 0.4) is 0 Å². The summed E-state index contributed by atoms with van der Waals surface area (Å²) in [6, 6.07) is 15.8. The largest absolute Gasteiger partial charge is 0.486 e. The van der Waals surface area contributed by atoms with Crippen LogP contribution in [0.15, 0.2) is 48.5 Å². The lowest BCUT2D eigenvalue weighted by Crippen LogP contribution is -2.38. The first-order chi connectivity index (χ1) is 12.3. The van der Waals surface area contributed by atoms with Crippen LogP contribution >= 0.6 is 0 Å². The molecule has 2 aromatic rings. The smallest absolute Gasteiger partial charge is 0.319 e. The maximum absolute atomic E-state index is 12.4. The molecule has 1 saturated heterocycles. The van der Waals surface area contributed by atoms with Gasteiger partial charge in [-0.05, 0) is 36.1 Å². The number of benzene rings is 2. The number of ether oxygens (including phenoxy) is 2. The van der Waals surface area contributed by atoms with E-state index in [0.29, 0.717) is 18.0 Å². The highest BCUT2D eigenvalue weighted by molar-refractivity contribution is 5.91. The van der Waals surface area contributed by atoms with E-state index in [1.807, 2.05) is 36.4 Å². The molecule has 1 fully saturated rings. The normalized spacial score (nSPS) is 19.4. The summed E-state index contributed by atoms with van der Waals surface area (Å²) in [4.78, 5) is 12.4. The molecule has 2 amide bonds. The number of urea groups is 1. The fourth-order valence-corrected chi connectivity index (χ4v) is 3.46. The van der Waals surface area contributed by atoms with E-state index in [1.54, 1.807) is 0 Å². The second kappa shape index (κ2) is 7.15. The van der Waals surface area contributed by atoms with Crippen LogP contribution in [0.5, 0.6) is 5.75 Å². The van der Waals surface area contributed by atoms with Crippen molar-refractivity contribution in [1.82, 2.24) is 5.32 Å². The summed E-state index contributed by atoms with van der Waals surface area (Å²) < 4.78 is 11.3. The van der Waals surface area contributed by atoms with Gasteiger partial charge in [0.2, 0.25) is 0 Å². The third kappa shape index (κ3) is 3.77. The maximum atomic E-state index is 12.4. The lowest BCUT2D eigenvalue weighted by molar-refractivity contribution is 0.142. The van der Waals surface area contributed by atoms with Gasteiger partial charge in [-0.3, -0.25) is 0 Å². The molecule has 1 aliphatic heterocycles. The Morgan fingerprint density at radius 3 is 2.48 bits per heavy atom. The molecule has 1 heterocycles. The van der Waals surface area contributed by atoms with Crippen LogP contribution in [0.2, 0.25) is 0 Å². The highest BCUT2D eigenvalue weighted by atomic mass is 16.5. The molecule has 1 atom stereocenters. The van der Waals surface area contributed by atoms with E-state index in [9.17, 15) is 4.79 Å². The molecule has 0 saturated carbocycles. The van der Waals surface area contributed by atoms with E-state index >= 15 is 0 Å². The minimum Gasteiger partial charge on any atom is -0.486 e. The number of fused-ring (bicyclic) bond motifs is 1. The van der Waals surface area contributed by atoms with Crippen molar-refractivity contribution >= 4 is 11.7 Å². The average molecular weight is 338 g/mol. The number of para-hydroxylation sites is 2. The molecule has 2 N–H and O–H groups in total. The highest BCUT2D eigenvalue weighted by Gasteiger charge is 2.23. The number of nitrogens with one attached hydrogen (secondary N) is 2. The summed E-state index contributed by atoms with van der Waals surface area (Å²) in [6.45, 7) is 1.32. The number of rotatable bonds is 4. The molecule has 0 spiro atoms. The number of carbonyl (C=O) groups excluding carboxylic acids is 1. The number of carbonyl (C=O) groups is 1. The summed E-state index contributed by atoms with van der Waals surface area (Å²) in [6.07, 6.45) is 2.68. The van der Waals surface area contributed by atoms with Crippen LogP contribution in [0.25, 0.3) is 0 Å². The summed E-state index contributed by atoms with van der Waals surface area (Å²) in [7, 11) is 0. The Labute approximate surface area is 147 Å². The minimum absolute atomic E-state index is 0.0512. The average Bonchev–Trinajstić information content (AvgIpc) is 3.25. The van der Waals surface area contributed by atoms with Crippen LogP contribution in [0, 0.1) is 0 Å². The molecule has 130 valence electrons. The highest BCUT2D eigenvalue weighted by Crippen LogP contribution is 2.27. The molecule has 0 unspecified atom stereocenters. The van der Waals surface area contributed by atoms with E-state index in [1.165, 1.54) is 11.1 Å². The summed E-state index contributed by atoms with van der Waals surface area (Å²) in [5, 5.41) is 5.99. The van der Waals surface area contributed by atoms with Crippen molar-refractivity contribution in [3.8, 4) is 5.75 Å². The lowest BCUT2D eigenvalue weighted by Gasteiger charge is -2.17. The third-order valence-electron chi connectivity index (χ3n) is 4.70. The molecule has 5 nitrogen and oxygen atoms in total. The van der Waals surface area contributed by atoms with Crippen molar-refractivity contribution in [3.05, 3.63) is 59.7 Å². The Morgan fingerprint density at radius 2 is 1.76 bits per heavy atom. The second-order valence-electron chi connectivity index (χ2n) is 6.57. The van der Waals surface area contributed by atoms with E-state index in [0.717, 1.165) is 25.9 Å². The van der Waals surface area contributed by atoms with E-state index in [4.69, 9.17) is 9.47 Å². The molecule has 4 rings (SSSR count). The molecule has 0 aromatic heterocycles. The van der Waals surface area contributed by atoms with Crippen LogP contribution in [-0.4, -0.2) is 31.4 Å². The van der Waals surface area contributed by atoms with Crippen molar-refractivity contribution in [2.45, 2.75) is 31.4 Å². The summed E-state index contributed by atoms with van der Waals surface area (Å²) in [5.41, 5.74) is 3.32. The van der Waals surface area contributed by atoms with E-state index < -0.39 is 0 Å². The zero-order valence-electron chi connectivity index (χ0n) is 14.0. The predicted molar refractivity (Wildman–Crippen MR) is 96.1 cm³/mol. The zero-order valence-corrected chi connectivity index (χ0v) is 14.0. The Balaban J connectivity index is 1.37. The van der Waals surface area contributed by atoms with Gasteiger partial charge in [-0.1, -0.05) is 36.4 Å². The van der Waals surface area contributed by atoms with E-state index in [2.05, 4.69) is 22.8 Å². The van der Waals surface area contributed by atoms with Gasteiger partial charge in [0.1, 0.15) is 11.9 Å². The van der Waals surface area contributed by atoms with Crippen molar-refractivity contribution in [3.63, 3.8) is 0 Å². The molecular formula is C20H22N2O3. The monoisotopic (exact) mass is 338 g/mol. The molecule has 5 heteroatoms. The van der Waals surface area contributed by atoms with E-state index in [-0.39, 0.29) is 18.2 Å². The van der Waals surface area contributed by atoms with Gasteiger partial charge < -0.3 is 20.1 Å². The molecular weight excluding hydrogens is 316 g/mol. The zero-order chi connectivity index (χ0) is 17.1. The molecule has 2 aliphatic rings. The maximum Gasteiger partial charge on any atom is 0.319 e. The Hall–Kier alpha value is -2.53. The van der Waals surface area contributed by atoms with Gasteiger partial charge in [-0.15, -0.1) is 0 Å². The van der Waals surface area contributed by atoms with Gasteiger partial charge >= 0.3 is 6.03 Å². The molecule has 0 bridgehead atoms. The number of hydrogen-bond acceptors (Lipinski definition) is 3. The van der Waals surface area contributed by atoms with Crippen LogP contribution in [-0.2, 0) is 17.6 Å². The first-order valence-electron chi connectivity index (χ1n) is 8.75. The third-order valence-corrected chi connectivity index (χ3v) is 4.70. The van der Waals surface area contributed by atoms with Crippen LogP contribution in [0.1, 0.15) is 17.5 Å². The second-order valence-corrected chi connectivity index (χ2v) is 6.57. The molecule has 1 aliphatic carbocycles. The molecule has 0 radical (unpaired) electrons. The first-order valence-corrected chi connectivity index (χ1v) is 8.75. The van der Waals surface area contributed by atoms with Crippen LogP contribution in [0.4, 0.5) is 10.5 Å². The summed E-state index contributed by atoms with van der Waals surface area (Å²) >= 11 is 0. The van der Waals surface area contributed by atoms with Crippen molar-refractivity contribution in [1.29, 1.82) is 0 Å².